The van der Waals surface area contributed by atoms with E-state index in [0.29, 0.717) is 23.7 Å². The maximum absolute atomic E-state index is 13.0. The van der Waals surface area contributed by atoms with Crippen molar-refractivity contribution in [1.82, 2.24) is 10.2 Å². The molecule has 1 saturated heterocycles. The third kappa shape index (κ3) is 7.09. The molecule has 2 aromatic carbocycles. The van der Waals surface area contributed by atoms with Gasteiger partial charge in [-0.05, 0) is 61.7 Å². The van der Waals surface area contributed by atoms with Gasteiger partial charge in [-0.15, -0.1) is 0 Å². The number of benzene rings is 2. The molecule has 3 rings (SSSR count). The number of nitrogens with one attached hydrogen (secondary N) is 1. The monoisotopic (exact) mass is 511 g/mol. The molecule has 0 aromatic heterocycles. The van der Waals surface area contributed by atoms with E-state index in [1.165, 1.54) is 37.0 Å². The third-order valence-corrected chi connectivity index (χ3v) is 7.75. The number of anilines is 1. The molecule has 1 N–H and O–H groups in total. The number of likely N-dealkylation sites (tertiary alicyclic amines) is 1. The lowest BCUT2D eigenvalue weighted by Gasteiger charge is -2.30. The van der Waals surface area contributed by atoms with E-state index in [0.717, 1.165) is 35.8 Å². The van der Waals surface area contributed by atoms with Crippen molar-refractivity contribution < 1.29 is 13.2 Å². The van der Waals surface area contributed by atoms with E-state index in [4.69, 9.17) is 23.2 Å². The van der Waals surface area contributed by atoms with Gasteiger partial charge in [0, 0.05) is 13.1 Å². The number of nitrogens with zero attached hydrogens (tertiary/aromatic N) is 2. The highest BCUT2D eigenvalue weighted by atomic mass is 35.5. The summed E-state index contributed by atoms with van der Waals surface area (Å²) in [6, 6.07) is 11.8. The highest BCUT2D eigenvalue weighted by Crippen LogP contribution is 2.30. The number of hydrogen-bond donors (Lipinski definition) is 1. The van der Waals surface area contributed by atoms with Gasteiger partial charge in [-0.1, -0.05) is 60.8 Å². The summed E-state index contributed by atoms with van der Waals surface area (Å²) < 4.78 is 26.3. The molecule has 1 amide bonds. The van der Waals surface area contributed by atoms with Gasteiger partial charge in [0.05, 0.1) is 22.0 Å². The average molecular weight is 513 g/mol. The molecule has 1 fully saturated rings. The van der Waals surface area contributed by atoms with Crippen molar-refractivity contribution in [2.45, 2.75) is 51.7 Å². The van der Waals surface area contributed by atoms with E-state index in [1.54, 1.807) is 13.0 Å². The Morgan fingerprint density at radius 2 is 1.67 bits per heavy atom. The molecule has 0 spiro atoms. The van der Waals surface area contributed by atoms with Crippen LogP contribution in [0.1, 0.15) is 43.7 Å². The van der Waals surface area contributed by atoms with Crippen LogP contribution in [0.25, 0.3) is 0 Å². The quantitative estimate of drug-likeness (QED) is 0.522. The van der Waals surface area contributed by atoms with E-state index in [2.05, 4.69) is 22.3 Å². The lowest BCUT2D eigenvalue weighted by molar-refractivity contribution is -0.122. The lowest BCUT2D eigenvalue weighted by Crippen LogP contribution is -2.49. The number of piperidine rings is 1. The van der Waals surface area contributed by atoms with Gasteiger partial charge in [0.1, 0.15) is 6.04 Å². The van der Waals surface area contributed by atoms with Crippen molar-refractivity contribution in [2.24, 2.45) is 0 Å². The molecule has 0 bridgehead atoms. The minimum Gasteiger partial charge on any atom is -0.350 e. The van der Waals surface area contributed by atoms with Crippen LogP contribution in [0, 0.1) is 0 Å². The van der Waals surface area contributed by atoms with Crippen LogP contribution in [0.2, 0.25) is 10.0 Å². The first-order valence-electron chi connectivity index (χ1n) is 11.2. The van der Waals surface area contributed by atoms with E-state index in [9.17, 15) is 13.2 Å². The summed E-state index contributed by atoms with van der Waals surface area (Å²) in [4.78, 5) is 15.5. The second-order valence-electron chi connectivity index (χ2n) is 8.45. The molecule has 1 atom stereocenters. The summed E-state index contributed by atoms with van der Waals surface area (Å²) in [5.74, 6) is -0.369. The van der Waals surface area contributed by atoms with E-state index in [-0.39, 0.29) is 10.9 Å². The minimum absolute atomic E-state index is 0.225. The van der Waals surface area contributed by atoms with Gasteiger partial charge in [0.15, 0.2) is 0 Å². The summed E-state index contributed by atoms with van der Waals surface area (Å²) in [5.41, 5.74) is 2.51. The molecule has 9 heteroatoms. The molecule has 6 nitrogen and oxygen atoms in total. The number of halogens is 2. The van der Waals surface area contributed by atoms with Crippen LogP contribution < -0.4 is 9.62 Å². The summed E-state index contributed by atoms with van der Waals surface area (Å²) in [6.45, 7) is 5.32. The zero-order chi connectivity index (χ0) is 24.0. The van der Waals surface area contributed by atoms with Crippen molar-refractivity contribution in [3.63, 3.8) is 0 Å². The summed E-state index contributed by atoms with van der Waals surface area (Å²) in [6.07, 6.45) is 5.21. The summed E-state index contributed by atoms with van der Waals surface area (Å²) in [5, 5.41) is 3.42. The molecular formula is C24H31Cl2N3O3S. The number of amides is 1. The van der Waals surface area contributed by atoms with Crippen LogP contribution in [-0.4, -0.2) is 44.6 Å². The Kier molecular flexibility index (Phi) is 9.04. The standard InChI is InChI=1S/C24H31Cl2N3O3S/c1-3-23(29(33(2,31)32)20-11-12-21(25)22(26)15-20)24(30)27-16-18-7-9-19(10-8-18)17-28-13-5-4-6-14-28/h7-12,15,23H,3-6,13-14,16-17H2,1-2H3,(H,27,30)/t23-/m1/s1. The summed E-state index contributed by atoms with van der Waals surface area (Å²) in [7, 11) is -3.74. The molecule has 0 radical (unpaired) electrons. The fourth-order valence-corrected chi connectivity index (χ4v) is 5.62. The predicted molar refractivity (Wildman–Crippen MR) is 135 cm³/mol. The Morgan fingerprint density at radius 1 is 1.03 bits per heavy atom. The maximum Gasteiger partial charge on any atom is 0.244 e. The molecule has 180 valence electrons. The zero-order valence-electron chi connectivity index (χ0n) is 19.1. The molecule has 33 heavy (non-hydrogen) atoms. The van der Waals surface area contributed by atoms with Crippen molar-refractivity contribution >= 4 is 44.8 Å². The van der Waals surface area contributed by atoms with Gasteiger partial charge >= 0.3 is 0 Å². The molecule has 2 aromatic rings. The van der Waals surface area contributed by atoms with Crippen LogP contribution >= 0.6 is 23.2 Å². The normalized spacial score (nSPS) is 15.8. The van der Waals surface area contributed by atoms with Crippen LogP contribution in [-0.2, 0) is 27.9 Å². The Balaban J connectivity index is 1.67. The SMILES string of the molecule is CC[C@H](C(=O)NCc1ccc(CN2CCCCC2)cc1)N(c1ccc(Cl)c(Cl)c1)S(C)(=O)=O. The van der Waals surface area contributed by atoms with Gasteiger partial charge in [-0.2, -0.15) is 0 Å². The van der Waals surface area contributed by atoms with Crippen LogP contribution in [0.3, 0.4) is 0 Å². The van der Waals surface area contributed by atoms with E-state index < -0.39 is 16.1 Å². The van der Waals surface area contributed by atoms with Crippen molar-refractivity contribution in [3.05, 3.63) is 63.6 Å². The first-order valence-corrected chi connectivity index (χ1v) is 13.8. The topological polar surface area (TPSA) is 69.7 Å². The number of carbonyl (C=O) groups is 1. The molecule has 0 saturated carbocycles. The first-order chi connectivity index (χ1) is 15.7. The van der Waals surface area contributed by atoms with Gasteiger partial charge < -0.3 is 5.32 Å². The van der Waals surface area contributed by atoms with E-state index in [1.807, 2.05) is 12.1 Å². The molecule has 1 aliphatic heterocycles. The van der Waals surface area contributed by atoms with Crippen LogP contribution in [0.4, 0.5) is 5.69 Å². The van der Waals surface area contributed by atoms with Crippen molar-refractivity contribution in [1.29, 1.82) is 0 Å². The van der Waals surface area contributed by atoms with Crippen LogP contribution in [0.15, 0.2) is 42.5 Å². The second kappa shape index (κ2) is 11.6. The highest BCUT2D eigenvalue weighted by molar-refractivity contribution is 7.92. The molecule has 0 aliphatic carbocycles. The highest BCUT2D eigenvalue weighted by Gasteiger charge is 2.31. The maximum atomic E-state index is 13.0. The van der Waals surface area contributed by atoms with Gasteiger partial charge in [0.25, 0.3) is 0 Å². The lowest BCUT2D eigenvalue weighted by atomic mass is 10.1. The van der Waals surface area contributed by atoms with Gasteiger partial charge in [0.2, 0.25) is 15.9 Å². The van der Waals surface area contributed by atoms with Crippen LogP contribution in [0.5, 0.6) is 0 Å². The van der Waals surface area contributed by atoms with Crippen molar-refractivity contribution in [2.75, 3.05) is 23.7 Å². The minimum atomic E-state index is -3.74. The van der Waals surface area contributed by atoms with E-state index >= 15 is 0 Å². The number of hydrogen-bond acceptors (Lipinski definition) is 4. The Labute approximate surface area is 206 Å². The number of sulfonamides is 1. The molecule has 0 unspecified atom stereocenters. The number of carbonyl (C=O) groups excluding carboxylic acids is 1. The fraction of sp³-hybridized carbons (Fsp3) is 0.458. The predicted octanol–water partition coefficient (Wildman–Crippen LogP) is 4.84. The van der Waals surface area contributed by atoms with Gasteiger partial charge in [-0.3, -0.25) is 14.0 Å². The largest absolute Gasteiger partial charge is 0.350 e. The second-order valence-corrected chi connectivity index (χ2v) is 11.1. The molecule has 1 heterocycles. The average Bonchev–Trinajstić information content (AvgIpc) is 2.78. The Morgan fingerprint density at radius 3 is 2.24 bits per heavy atom. The molecule has 1 aliphatic rings. The first kappa shape index (κ1) is 25.8. The Bertz CT molecular complexity index is 1060. The smallest absolute Gasteiger partial charge is 0.244 e. The third-order valence-electron chi connectivity index (χ3n) is 5.83. The fourth-order valence-electron chi connectivity index (χ4n) is 4.13. The van der Waals surface area contributed by atoms with Gasteiger partial charge in [-0.25, -0.2) is 8.42 Å². The van der Waals surface area contributed by atoms with Crippen molar-refractivity contribution in [3.8, 4) is 0 Å². The zero-order valence-corrected chi connectivity index (χ0v) is 21.4. The Hall–Kier alpha value is -1.80. The molecular weight excluding hydrogens is 481 g/mol. The number of rotatable bonds is 9. The summed E-state index contributed by atoms with van der Waals surface area (Å²) >= 11 is 12.1.